The lowest BCUT2D eigenvalue weighted by atomic mass is 9.92. The first kappa shape index (κ1) is 28.3. The predicted octanol–water partition coefficient (Wildman–Crippen LogP) is 5.04. The number of esters is 1. The van der Waals surface area contributed by atoms with Gasteiger partial charge in [0.05, 0.1) is 12.5 Å². The second kappa shape index (κ2) is 13.8. The third-order valence-corrected chi connectivity index (χ3v) is 6.22. The van der Waals surface area contributed by atoms with Gasteiger partial charge >= 0.3 is 12.1 Å². The Balaban J connectivity index is 2.25. The van der Waals surface area contributed by atoms with E-state index in [-0.39, 0.29) is 24.2 Å². The lowest BCUT2D eigenvalue weighted by Gasteiger charge is -2.27. The van der Waals surface area contributed by atoms with Crippen molar-refractivity contribution in [2.45, 2.75) is 71.2 Å². The summed E-state index contributed by atoms with van der Waals surface area (Å²) in [6, 6.07) is 5.84. The Bertz CT molecular complexity index is 909. The molecule has 0 spiro atoms. The van der Waals surface area contributed by atoms with E-state index in [0.29, 0.717) is 12.8 Å². The maximum absolute atomic E-state index is 12.6. The van der Waals surface area contributed by atoms with Gasteiger partial charge in [-0.2, -0.15) is 0 Å². The van der Waals surface area contributed by atoms with E-state index in [1.54, 1.807) is 20.3 Å². The van der Waals surface area contributed by atoms with E-state index in [0.717, 1.165) is 11.3 Å². The van der Waals surface area contributed by atoms with Crippen molar-refractivity contribution in [2.24, 2.45) is 11.8 Å². The molecule has 0 aromatic carbocycles. The van der Waals surface area contributed by atoms with Crippen LogP contribution in [0.2, 0.25) is 0 Å². The number of cyclic esters (lactones) is 1. The number of carbonyl (C=O) groups is 2. The van der Waals surface area contributed by atoms with Crippen LogP contribution >= 0.6 is 0 Å². The third-order valence-electron chi connectivity index (χ3n) is 6.22. The number of hydrogen-bond acceptors (Lipinski definition) is 6. The van der Waals surface area contributed by atoms with E-state index in [9.17, 15) is 14.7 Å². The third kappa shape index (κ3) is 9.32. The van der Waals surface area contributed by atoms with Gasteiger partial charge in [-0.3, -0.25) is 9.78 Å². The largest absolute Gasteiger partial charge is 0.457 e. The quantitative estimate of drug-likeness (QED) is 0.358. The fourth-order valence-electron chi connectivity index (χ4n) is 3.88. The standard InChI is InChI=1S/C28H40N2O5/c1-19(24-12-7-8-17-29-24)10-9-11-21(3)27-22(4)14-16-25(34-28(33)30(5)6)20(2)13-15-23(31)18-26(32)35-27/h7-12,14,16-17,19-20,22-23,25,27,31H,13,15,18H2,1-6H3/b10-9+,16-14+,21-11+/t19-,20+,22+,23-,25+,27-/m1/s1. The molecule has 0 unspecified atom stereocenters. The van der Waals surface area contributed by atoms with Crippen LogP contribution in [0.5, 0.6) is 0 Å². The Labute approximate surface area is 209 Å². The molecule has 6 atom stereocenters. The number of hydrogen-bond donors (Lipinski definition) is 1. The van der Waals surface area contributed by atoms with Gasteiger partial charge in [0.25, 0.3) is 0 Å². The normalized spacial score (nSPS) is 28.4. The van der Waals surface area contributed by atoms with Crippen molar-refractivity contribution >= 4 is 12.1 Å². The fourth-order valence-corrected chi connectivity index (χ4v) is 3.88. The number of aromatic nitrogens is 1. The van der Waals surface area contributed by atoms with Crippen molar-refractivity contribution in [1.29, 1.82) is 0 Å². The fraction of sp³-hybridized carbons (Fsp3) is 0.536. The smallest absolute Gasteiger partial charge is 0.409 e. The maximum Gasteiger partial charge on any atom is 0.409 e. The molecule has 7 nitrogen and oxygen atoms in total. The van der Waals surface area contributed by atoms with Gasteiger partial charge in [-0.15, -0.1) is 0 Å². The van der Waals surface area contributed by atoms with Gasteiger partial charge in [0.1, 0.15) is 12.2 Å². The second-order valence-corrected chi connectivity index (χ2v) is 9.65. The van der Waals surface area contributed by atoms with Crippen molar-refractivity contribution in [1.82, 2.24) is 9.88 Å². The van der Waals surface area contributed by atoms with Crippen molar-refractivity contribution in [3.05, 3.63) is 66.0 Å². The molecule has 1 aliphatic rings. The zero-order chi connectivity index (χ0) is 26.0. The number of aliphatic hydroxyl groups excluding tert-OH is 1. The summed E-state index contributed by atoms with van der Waals surface area (Å²) >= 11 is 0. The summed E-state index contributed by atoms with van der Waals surface area (Å²) in [6.45, 7) is 7.94. The van der Waals surface area contributed by atoms with Crippen LogP contribution in [0.15, 0.2) is 60.3 Å². The van der Waals surface area contributed by atoms with Crippen LogP contribution in [0, 0.1) is 11.8 Å². The SMILES string of the molecule is C/C(=C\C=C\[C@@H](C)c1ccccn1)[C@H]1OC(=O)C[C@H](O)CC[C@H](C)[C@@H](OC(=O)N(C)C)/C=C/[C@@H]1C. The van der Waals surface area contributed by atoms with E-state index < -0.39 is 30.4 Å². The van der Waals surface area contributed by atoms with Gasteiger partial charge in [0.15, 0.2) is 0 Å². The van der Waals surface area contributed by atoms with E-state index >= 15 is 0 Å². The molecule has 0 radical (unpaired) electrons. The minimum absolute atomic E-state index is 0.0152. The molecule has 1 aromatic rings. The summed E-state index contributed by atoms with van der Waals surface area (Å²) in [6.07, 6.45) is 10.3. The van der Waals surface area contributed by atoms with Crippen molar-refractivity contribution < 1.29 is 24.2 Å². The van der Waals surface area contributed by atoms with Gasteiger partial charge in [0.2, 0.25) is 0 Å². The molecular formula is C28H40N2O5. The molecule has 35 heavy (non-hydrogen) atoms. The van der Waals surface area contributed by atoms with Gasteiger partial charge < -0.3 is 19.5 Å². The summed E-state index contributed by atoms with van der Waals surface area (Å²) in [5.41, 5.74) is 1.85. The molecule has 0 saturated carbocycles. The first-order valence-corrected chi connectivity index (χ1v) is 12.3. The van der Waals surface area contributed by atoms with Gasteiger partial charge in [-0.05, 0) is 49.5 Å². The summed E-state index contributed by atoms with van der Waals surface area (Å²) in [5.74, 6) is -0.468. The topological polar surface area (TPSA) is 89.0 Å². The first-order valence-electron chi connectivity index (χ1n) is 12.3. The molecule has 1 aliphatic heterocycles. The number of ether oxygens (including phenoxy) is 2. The summed E-state index contributed by atoms with van der Waals surface area (Å²) in [7, 11) is 3.29. The van der Waals surface area contributed by atoms with Gasteiger partial charge in [-0.1, -0.05) is 51.1 Å². The monoisotopic (exact) mass is 484 g/mol. The Morgan fingerprint density at radius 1 is 1.26 bits per heavy atom. The molecular weight excluding hydrogens is 444 g/mol. The van der Waals surface area contributed by atoms with Crippen LogP contribution in [-0.4, -0.2) is 59.5 Å². The molecule has 1 N–H and O–H groups in total. The molecule has 0 bridgehead atoms. The summed E-state index contributed by atoms with van der Waals surface area (Å²) in [5, 5.41) is 10.4. The first-order chi connectivity index (χ1) is 16.6. The highest BCUT2D eigenvalue weighted by Gasteiger charge is 2.27. The van der Waals surface area contributed by atoms with Crippen molar-refractivity contribution in [3.63, 3.8) is 0 Å². The summed E-state index contributed by atoms with van der Waals surface area (Å²) in [4.78, 5) is 30.5. The highest BCUT2D eigenvalue weighted by molar-refractivity contribution is 5.70. The maximum atomic E-state index is 12.6. The van der Waals surface area contributed by atoms with Crippen LogP contribution in [-0.2, 0) is 14.3 Å². The highest BCUT2D eigenvalue weighted by atomic mass is 16.6. The van der Waals surface area contributed by atoms with E-state index in [1.165, 1.54) is 4.90 Å². The Morgan fingerprint density at radius 2 is 2.00 bits per heavy atom. The average molecular weight is 485 g/mol. The molecule has 192 valence electrons. The molecule has 0 aliphatic carbocycles. The molecule has 2 rings (SSSR count). The van der Waals surface area contributed by atoms with Crippen LogP contribution in [0.3, 0.4) is 0 Å². The van der Waals surface area contributed by atoms with E-state index in [1.807, 2.05) is 69.4 Å². The molecule has 0 saturated heterocycles. The van der Waals surface area contributed by atoms with E-state index in [4.69, 9.17) is 9.47 Å². The number of aliphatic hydroxyl groups is 1. The number of carbonyl (C=O) groups excluding carboxylic acids is 2. The number of amides is 1. The summed E-state index contributed by atoms with van der Waals surface area (Å²) < 4.78 is 11.5. The van der Waals surface area contributed by atoms with Crippen LogP contribution < -0.4 is 0 Å². The number of allylic oxidation sites excluding steroid dienone is 3. The molecule has 2 heterocycles. The lowest BCUT2D eigenvalue weighted by Crippen LogP contribution is -2.32. The van der Waals surface area contributed by atoms with Gasteiger partial charge in [-0.25, -0.2) is 4.79 Å². The average Bonchev–Trinajstić information content (AvgIpc) is 2.82. The predicted molar refractivity (Wildman–Crippen MR) is 137 cm³/mol. The molecule has 7 heteroatoms. The zero-order valence-electron chi connectivity index (χ0n) is 21.8. The van der Waals surface area contributed by atoms with Crippen LogP contribution in [0.4, 0.5) is 4.79 Å². The van der Waals surface area contributed by atoms with Crippen LogP contribution in [0.25, 0.3) is 0 Å². The second-order valence-electron chi connectivity index (χ2n) is 9.65. The Kier molecular flexibility index (Phi) is 11.2. The number of rotatable bonds is 5. The number of pyridine rings is 1. The minimum Gasteiger partial charge on any atom is -0.457 e. The van der Waals surface area contributed by atoms with Crippen molar-refractivity contribution in [2.75, 3.05) is 14.1 Å². The molecule has 1 amide bonds. The Hall–Kier alpha value is -2.93. The van der Waals surface area contributed by atoms with Gasteiger partial charge in [0, 0.05) is 37.8 Å². The van der Waals surface area contributed by atoms with Crippen LogP contribution in [0.1, 0.15) is 58.6 Å². The van der Waals surface area contributed by atoms with E-state index in [2.05, 4.69) is 11.9 Å². The number of nitrogens with zero attached hydrogens (tertiary/aromatic N) is 2. The lowest BCUT2D eigenvalue weighted by molar-refractivity contribution is -0.151. The highest BCUT2D eigenvalue weighted by Crippen LogP contribution is 2.25. The molecule has 1 aromatic heterocycles. The minimum atomic E-state index is -0.807. The van der Waals surface area contributed by atoms with Crippen molar-refractivity contribution in [3.8, 4) is 0 Å². The Morgan fingerprint density at radius 3 is 2.66 bits per heavy atom. The zero-order valence-corrected chi connectivity index (χ0v) is 21.8. The molecule has 0 fully saturated rings.